The first-order valence-electron chi connectivity index (χ1n) is 11.5. The smallest absolute Gasteiger partial charge is 0.294 e. The van der Waals surface area contributed by atoms with Crippen molar-refractivity contribution < 1.29 is 30.8 Å². The molecule has 0 atom stereocenters. The van der Waals surface area contributed by atoms with Crippen molar-refractivity contribution >= 4 is 42.3 Å². The van der Waals surface area contributed by atoms with Gasteiger partial charge in [0, 0.05) is 25.3 Å². The van der Waals surface area contributed by atoms with Crippen LogP contribution in [0.3, 0.4) is 0 Å². The average molecular weight is 541 g/mol. The summed E-state index contributed by atoms with van der Waals surface area (Å²) in [5.41, 5.74) is 2.75. The number of anilines is 1. The number of quaternary nitrogens is 1. The van der Waals surface area contributed by atoms with E-state index in [1.165, 1.54) is 35.2 Å². The monoisotopic (exact) mass is 540 g/mol. The lowest BCUT2D eigenvalue weighted by Crippen LogP contribution is -3.09. The summed E-state index contributed by atoms with van der Waals surface area (Å²) in [6, 6.07) is 14.1. The second-order valence-corrected chi connectivity index (χ2v) is 12.1. The molecule has 0 aliphatic heterocycles. The van der Waals surface area contributed by atoms with E-state index in [0.29, 0.717) is 22.1 Å². The Morgan fingerprint density at radius 2 is 1.51 bits per heavy atom. The van der Waals surface area contributed by atoms with E-state index in [9.17, 15) is 25.9 Å². The minimum absolute atomic E-state index is 0.0792. The third-order valence-electron chi connectivity index (χ3n) is 6.37. The summed E-state index contributed by atoms with van der Waals surface area (Å²) in [6.07, 6.45) is 7.72. The van der Waals surface area contributed by atoms with Crippen molar-refractivity contribution in [3.05, 3.63) is 95.6 Å². The maximum atomic E-state index is 12.5. The first-order valence-corrected chi connectivity index (χ1v) is 14.3. The Bertz CT molecular complexity index is 1650. The summed E-state index contributed by atoms with van der Waals surface area (Å²) < 4.78 is 71.1. The summed E-state index contributed by atoms with van der Waals surface area (Å²) in [5.74, 6) is 0. The van der Waals surface area contributed by atoms with E-state index in [1.54, 1.807) is 0 Å². The predicted octanol–water partition coefficient (Wildman–Crippen LogP) is 2.50. The summed E-state index contributed by atoms with van der Waals surface area (Å²) in [4.78, 5) is 2.22. The van der Waals surface area contributed by atoms with Crippen LogP contribution in [-0.4, -0.2) is 60.2 Å². The fourth-order valence-electron chi connectivity index (χ4n) is 4.37. The van der Waals surface area contributed by atoms with Gasteiger partial charge in [0.05, 0.1) is 23.9 Å². The van der Waals surface area contributed by atoms with E-state index < -0.39 is 30.0 Å². The lowest BCUT2D eigenvalue weighted by molar-refractivity contribution is -0.871. The zero-order chi connectivity index (χ0) is 27.1. The third-order valence-corrected chi connectivity index (χ3v) is 8.09. The molecule has 1 aliphatic carbocycles. The number of nitrogens with one attached hydrogen (secondary N) is 1. The van der Waals surface area contributed by atoms with E-state index in [0.717, 1.165) is 5.69 Å². The number of rotatable bonds is 6. The number of allylic oxidation sites excluding steroid dienone is 3. The molecule has 0 amide bonds. The Hall–Kier alpha value is -3.28. The van der Waals surface area contributed by atoms with Crippen LogP contribution in [0.5, 0.6) is 0 Å². The molecule has 0 bridgehead atoms. The Labute approximate surface area is 217 Å². The van der Waals surface area contributed by atoms with Gasteiger partial charge in [-0.1, -0.05) is 36.4 Å². The van der Waals surface area contributed by atoms with Crippen molar-refractivity contribution in [3.8, 4) is 0 Å². The van der Waals surface area contributed by atoms with Gasteiger partial charge in [-0.05, 0) is 70.0 Å². The lowest BCUT2D eigenvalue weighted by Gasteiger charge is -2.23. The topological polar surface area (TPSA) is 119 Å². The molecule has 0 saturated carbocycles. The molecular formula is C27H28N2O6S2. The average Bonchev–Trinajstić information content (AvgIpc) is 2.83. The molecule has 3 aromatic rings. The van der Waals surface area contributed by atoms with Crippen LogP contribution >= 0.6 is 0 Å². The molecule has 10 heteroatoms. The van der Waals surface area contributed by atoms with Crippen molar-refractivity contribution in [3.63, 3.8) is 0 Å². The molecule has 0 fully saturated rings. The first-order chi connectivity index (χ1) is 17.3. The van der Waals surface area contributed by atoms with Gasteiger partial charge in [-0.3, -0.25) is 4.55 Å². The highest BCUT2D eigenvalue weighted by atomic mass is 32.2. The first kappa shape index (κ1) is 26.8. The Morgan fingerprint density at radius 3 is 2.03 bits per heavy atom. The molecule has 2 N–H and O–H groups in total. The highest BCUT2D eigenvalue weighted by molar-refractivity contribution is 7.86. The summed E-state index contributed by atoms with van der Waals surface area (Å²) in [5, 5.41) is 0.727. The molecule has 194 valence electrons. The van der Waals surface area contributed by atoms with Crippen LogP contribution in [0.25, 0.3) is 16.3 Å². The van der Waals surface area contributed by atoms with Gasteiger partial charge >= 0.3 is 0 Å². The van der Waals surface area contributed by atoms with E-state index in [1.807, 2.05) is 81.7 Å². The highest BCUT2D eigenvalue weighted by Gasteiger charge is 2.23. The predicted molar refractivity (Wildman–Crippen MR) is 143 cm³/mol. The van der Waals surface area contributed by atoms with Gasteiger partial charge in [-0.15, -0.1) is 0 Å². The van der Waals surface area contributed by atoms with Crippen molar-refractivity contribution in [1.29, 1.82) is 0 Å². The highest BCUT2D eigenvalue weighted by Crippen LogP contribution is 2.39. The van der Waals surface area contributed by atoms with Crippen LogP contribution in [-0.2, 0) is 20.2 Å². The molecule has 3 aromatic carbocycles. The van der Waals surface area contributed by atoms with Crippen LogP contribution in [0.4, 0.5) is 5.69 Å². The Morgan fingerprint density at radius 1 is 0.919 bits per heavy atom. The largest absolute Gasteiger partial charge is 0.744 e. The summed E-state index contributed by atoms with van der Waals surface area (Å²) in [7, 11) is -1.73. The normalized spacial score (nSPS) is 16.0. The molecule has 1 aliphatic rings. The van der Waals surface area contributed by atoms with Gasteiger partial charge in [0.15, 0.2) is 0 Å². The van der Waals surface area contributed by atoms with E-state index in [-0.39, 0.29) is 17.0 Å². The molecule has 8 nitrogen and oxygen atoms in total. The number of hydrogen-bond acceptors (Lipinski definition) is 6. The van der Waals surface area contributed by atoms with Crippen molar-refractivity contribution in [2.75, 3.05) is 33.1 Å². The van der Waals surface area contributed by atoms with Crippen LogP contribution in [0.2, 0.25) is 0 Å². The molecular weight excluding hydrogens is 512 g/mol. The molecule has 0 radical (unpaired) electrons. The van der Waals surface area contributed by atoms with Gasteiger partial charge in [-0.2, -0.15) is 8.42 Å². The SMILES string of the molecule is CN(C)c1ccc(C(=C2C=CC([NH+](C)C)C=C2)c2c(S(=O)(=O)[O-])ccc3ccc(S(=O)(=O)O)cc23)cc1. The number of benzene rings is 3. The minimum Gasteiger partial charge on any atom is -0.744 e. The molecule has 0 saturated heterocycles. The van der Waals surface area contributed by atoms with Crippen molar-refractivity contribution in [2.45, 2.75) is 15.8 Å². The quantitative estimate of drug-likeness (QED) is 0.461. The molecule has 4 rings (SSSR count). The number of likely N-dealkylation sites (N-methyl/N-ethyl adjacent to an activating group) is 1. The second kappa shape index (κ2) is 9.88. The summed E-state index contributed by atoms with van der Waals surface area (Å²) in [6.45, 7) is 0. The fraction of sp³-hybridized carbons (Fsp3) is 0.185. The molecule has 37 heavy (non-hydrogen) atoms. The van der Waals surface area contributed by atoms with Crippen molar-refractivity contribution in [1.82, 2.24) is 0 Å². The zero-order valence-corrected chi connectivity index (χ0v) is 22.5. The lowest BCUT2D eigenvalue weighted by atomic mass is 9.87. The Kier molecular flexibility index (Phi) is 7.15. The van der Waals surface area contributed by atoms with Gasteiger partial charge in [-0.25, -0.2) is 8.42 Å². The van der Waals surface area contributed by atoms with Crippen molar-refractivity contribution in [2.24, 2.45) is 0 Å². The van der Waals surface area contributed by atoms with Gasteiger partial charge < -0.3 is 14.4 Å². The third kappa shape index (κ3) is 5.53. The van der Waals surface area contributed by atoms with E-state index >= 15 is 0 Å². The molecule has 0 spiro atoms. The van der Waals surface area contributed by atoms with Crippen LogP contribution in [0, 0.1) is 0 Å². The van der Waals surface area contributed by atoms with Gasteiger partial charge in [0.2, 0.25) is 0 Å². The zero-order valence-electron chi connectivity index (χ0n) is 20.8. The molecule has 0 heterocycles. The standard InChI is InChI=1S/C27H28N2O6S2/c1-28(2)21-11-5-19(6-12-21)26(20-7-13-22(14-8-20)29(3)4)27-24-17-23(36(30,31)32)15-9-18(24)10-16-25(27)37(33,34)35/h5-17,21H,1-4H3,(H,30,31,32)(H,33,34,35). The number of fused-ring (bicyclic) bond motifs is 1. The van der Waals surface area contributed by atoms with E-state index in [2.05, 4.69) is 0 Å². The number of hydrogen-bond donors (Lipinski definition) is 2. The minimum atomic E-state index is -4.97. The second-order valence-electron chi connectivity index (χ2n) is 9.34. The van der Waals surface area contributed by atoms with Crippen LogP contribution < -0.4 is 9.80 Å². The number of nitrogens with zero attached hydrogens (tertiary/aromatic N) is 1. The molecule has 0 aromatic heterocycles. The summed E-state index contributed by atoms with van der Waals surface area (Å²) >= 11 is 0. The van der Waals surface area contributed by atoms with Crippen LogP contribution in [0.1, 0.15) is 11.1 Å². The molecule has 0 unspecified atom stereocenters. The van der Waals surface area contributed by atoms with Gasteiger partial charge in [0.1, 0.15) is 16.2 Å². The Balaban J connectivity index is 2.15. The van der Waals surface area contributed by atoms with E-state index in [4.69, 9.17) is 0 Å². The van der Waals surface area contributed by atoms with Gasteiger partial charge in [0.25, 0.3) is 10.1 Å². The van der Waals surface area contributed by atoms with Crippen LogP contribution in [0.15, 0.2) is 94.3 Å². The fourth-order valence-corrected chi connectivity index (χ4v) is 5.58. The maximum Gasteiger partial charge on any atom is 0.294 e. The maximum absolute atomic E-state index is 12.5.